The zero-order valence-corrected chi connectivity index (χ0v) is 13.7. The van der Waals surface area contributed by atoms with Crippen molar-refractivity contribution in [1.82, 2.24) is 4.90 Å². The van der Waals surface area contributed by atoms with Crippen molar-refractivity contribution in [2.45, 2.75) is 33.2 Å². The fraction of sp³-hybridized carbons (Fsp3) is 0.471. The molecule has 1 amide bonds. The van der Waals surface area contributed by atoms with E-state index in [4.69, 9.17) is 10.00 Å². The first-order valence-electron chi connectivity index (χ1n) is 7.35. The maximum absolute atomic E-state index is 12.9. The van der Waals surface area contributed by atoms with E-state index in [0.29, 0.717) is 11.3 Å². The highest BCUT2D eigenvalue weighted by molar-refractivity contribution is 6.00. The fourth-order valence-corrected chi connectivity index (χ4v) is 2.65. The Labute approximate surface area is 135 Å². The van der Waals surface area contributed by atoms with E-state index in [1.54, 1.807) is 27.7 Å². The Morgan fingerprint density at radius 1 is 1.35 bits per heavy atom. The summed E-state index contributed by atoms with van der Waals surface area (Å²) in [4.78, 5) is 26.2. The minimum Gasteiger partial charge on any atom is -0.491 e. The number of rotatable bonds is 2. The number of carboxylic acid groups (broad SMARTS) is 1. The standard InChI is InChI=1S/C17H20N2O4/c1-16(2,3)17(4,15(21)22)19-7-8-23-13-9-11(10-18)5-6-12(13)14(19)20/h5-6,9H,7-8H2,1-4H3,(H,21,22)/t17-/m1/s1. The number of nitriles is 1. The zero-order chi connectivity index (χ0) is 17.4. The Balaban J connectivity index is 2.55. The minimum absolute atomic E-state index is 0.162. The largest absolute Gasteiger partial charge is 0.491 e. The molecule has 122 valence electrons. The van der Waals surface area contributed by atoms with Crippen molar-refractivity contribution in [3.05, 3.63) is 29.3 Å². The topological polar surface area (TPSA) is 90.6 Å². The maximum Gasteiger partial charge on any atom is 0.329 e. The average molecular weight is 316 g/mol. The first-order valence-corrected chi connectivity index (χ1v) is 7.35. The third-order valence-electron chi connectivity index (χ3n) is 4.58. The van der Waals surface area contributed by atoms with Gasteiger partial charge in [0, 0.05) is 0 Å². The van der Waals surface area contributed by atoms with E-state index in [2.05, 4.69) is 0 Å². The lowest BCUT2D eigenvalue weighted by Gasteiger charge is -2.46. The molecule has 6 nitrogen and oxygen atoms in total. The van der Waals surface area contributed by atoms with Gasteiger partial charge < -0.3 is 14.7 Å². The molecule has 6 heteroatoms. The molecular formula is C17H20N2O4. The van der Waals surface area contributed by atoms with Crippen LogP contribution in [0.1, 0.15) is 43.6 Å². The van der Waals surface area contributed by atoms with Crippen LogP contribution < -0.4 is 4.74 Å². The van der Waals surface area contributed by atoms with Crippen LogP contribution in [0.2, 0.25) is 0 Å². The van der Waals surface area contributed by atoms with E-state index in [-0.39, 0.29) is 18.7 Å². The highest BCUT2D eigenvalue weighted by atomic mass is 16.5. The van der Waals surface area contributed by atoms with E-state index >= 15 is 0 Å². The first-order chi connectivity index (χ1) is 10.6. The number of amides is 1. The van der Waals surface area contributed by atoms with Crippen molar-refractivity contribution in [3.63, 3.8) is 0 Å². The van der Waals surface area contributed by atoms with Crippen LogP contribution in [0.4, 0.5) is 0 Å². The summed E-state index contributed by atoms with van der Waals surface area (Å²) in [5.41, 5.74) is -1.39. The van der Waals surface area contributed by atoms with Crippen molar-refractivity contribution >= 4 is 11.9 Å². The van der Waals surface area contributed by atoms with Crippen molar-refractivity contribution in [2.24, 2.45) is 5.41 Å². The molecule has 2 rings (SSSR count). The van der Waals surface area contributed by atoms with Gasteiger partial charge >= 0.3 is 5.97 Å². The lowest BCUT2D eigenvalue weighted by Crippen LogP contribution is -2.62. The highest BCUT2D eigenvalue weighted by Crippen LogP contribution is 2.38. The van der Waals surface area contributed by atoms with Crippen LogP contribution in [0.25, 0.3) is 0 Å². The van der Waals surface area contributed by atoms with Crippen LogP contribution >= 0.6 is 0 Å². The van der Waals surface area contributed by atoms with Gasteiger partial charge in [0.2, 0.25) is 0 Å². The predicted octanol–water partition coefficient (Wildman–Crippen LogP) is 2.28. The second-order valence-corrected chi connectivity index (χ2v) is 6.76. The van der Waals surface area contributed by atoms with E-state index in [1.807, 2.05) is 6.07 Å². The van der Waals surface area contributed by atoms with Gasteiger partial charge in [0.05, 0.1) is 23.7 Å². The van der Waals surface area contributed by atoms with Crippen LogP contribution in [0.5, 0.6) is 5.75 Å². The summed E-state index contributed by atoms with van der Waals surface area (Å²) in [7, 11) is 0. The van der Waals surface area contributed by atoms with Crippen LogP contribution in [0.3, 0.4) is 0 Å². The number of aliphatic carboxylic acids is 1. The predicted molar refractivity (Wildman–Crippen MR) is 83.2 cm³/mol. The van der Waals surface area contributed by atoms with Crippen LogP contribution in [-0.4, -0.2) is 40.6 Å². The summed E-state index contributed by atoms with van der Waals surface area (Å²) < 4.78 is 5.57. The summed E-state index contributed by atoms with van der Waals surface area (Å²) in [5.74, 6) is -1.14. The molecule has 1 aliphatic heterocycles. The Hall–Kier alpha value is -2.55. The Bertz CT molecular complexity index is 700. The number of hydrogen-bond donors (Lipinski definition) is 1. The maximum atomic E-state index is 12.9. The number of benzene rings is 1. The summed E-state index contributed by atoms with van der Waals surface area (Å²) >= 11 is 0. The summed E-state index contributed by atoms with van der Waals surface area (Å²) in [5, 5.41) is 18.7. The van der Waals surface area contributed by atoms with E-state index in [1.165, 1.54) is 23.1 Å². The van der Waals surface area contributed by atoms with Gasteiger partial charge in [-0.15, -0.1) is 0 Å². The molecule has 0 unspecified atom stereocenters. The average Bonchev–Trinajstić information content (AvgIpc) is 2.64. The smallest absolute Gasteiger partial charge is 0.329 e. The molecule has 23 heavy (non-hydrogen) atoms. The van der Waals surface area contributed by atoms with Gasteiger partial charge in [-0.3, -0.25) is 4.79 Å². The molecule has 0 radical (unpaired) electrons. The molecule has 1 aromatic rings. The van der Waals surface area contributed by atoms with Crippen molar-refractivity contribution < 1.29 is 19.4 Å². The van der Waals surface area contributed by atoms with E-state index < -0.39 is 22.8 Å². The normalized spacial score (nSPS) is 17.3. The van der Waals surface area contributed by atoms with E-state index in [9.17, 15) is 14.7 Å². The molecule has 1 aliphatic rings. The summed E-state index contributed by atoms with van der Waals surface area (Å²) in [6.07, 6.45) is 0. The van der Waals surface area contributed by atoms with E-state index in [0.717, 1.165) is 0 Å². The van der Waals surface area contributed by atoms with Gasteiger partial charge in [0.25, 0.3) is 5.91 Å². The monoisotopic (exact) mass is 316 g/mol. The van der Waals surface area contributed by atoms with Crippen LogP contribution in [-0.2, 0) is 4.79 Å². The Kier molecular flexibility index (Phi) is 4.08. The molecule has 1 aromatic carbocycles. The SMILES string of the molecule is CC(C)(C)[C@@](C)(C(=O)O)N1CCOc2cc(C#N)ccc2C1=O. The Morgan fingerprint density at radius 2 is 2.00 bits per heavy atom. The van der Waals surface area contributed by atoms with Gasteiger partial charge in [-0.2, -0.15) is 5.26 Å². The molecule has 0 saturated carbocycles. The lowest BCUT2D eigenvalue weighted by molar-refractivity contribution is -0.156. The molecule has 0 fully saturated rings. The van der Waals surface area contributed by atoms with Crippen molar-refractivity contribution in [2.75, 3.05) is 13.2 Å². The summed E-state index contributed by atoms with van der Waals surface area (Å²) in [6.45, 7) is 7.27. The number of carbonyl (C=O) groups is 2. The number of nitrogens with zero attached hydrogens (tertiary/aromatic N) is 2. The second kappa shape index (κ2) is 5.58. The van der Waals surface area contributed by atoms with Crippen LogP contribution in [0.15, 0.2) is 18.2 Å². The number of ether oxygens (including phenoxy) is 1. The van der Waals surface area contributed by atoms with Gasteiger partial charge in [0.1, 0.15) is 17.9 Å². The van der Waals surface area contributed by atoms with Crippen molar-refractivity contribution in [1.29, 1.82) is 5.26 Å². The van der Waals surface area contributed by atoms with Gasteiger partial charge in [-0.05, 0) is 30.5 Å². The van der Waals surface area contributed by atoms with Gasteiger partial charge in [0.15, 0.2) is 0 Å². The fourth-order valence-electron chi connectivity index (χ4n) is 2.65. The van der Waals surface area contributed by atoms with Crippen molar-refractivity contribution in [3.8, 4) is 11.8 Å². The summed E-state index contributed by atoms with van der Waals surface area (Å²) in [6, 6.07) is 6.54. The number of fused-ring (bicyclic) bond motifs is 1. The zero-order valence-electron chi connectivity index (χ0n) is 13.7. The second-order valence-electron chi connectivity index (χ2n) is 6.76. The molecule has 0 bridgehead atoms. The molecule has 1 heterocycles. The molecule has 0 saturated heterocycles. The third kappa shape index (κ3) is 2.63. The first kappa shape index (κ1) is 16.8. The molecule has 1 atom stereocenters. The number of carbonyl (C=O) groups excluding carboxylic acids is 1. The van der Waals surface area contributed by atoms with Gasteiger partial charge in [-0.25, -0.2) is 4.79 Å². The molecule has 0 spiro atoms. The highest BCUT2D eigenvalue weighted by Gasteiger charge is 2.52. The number of hydrogen-bond acceptors (Lipinski definition) is 4. The van der Waals surface area contributed by atoms with Gasteiger partial charge in [-0.1, -0.05) is 20.8 Å². The quantitative estimate of drug-likeness (QED) is 0.904. The lowest BCUT2D eigenvalue weighted by atomic mass is 9.73. The third-order valence-corrected chi connectivity index (χ3v) is 4.58. The molecule has 0 aromatic heterocycles. The number of carboxylic acids is 1. The minimum atomic E-state index is -1.39. The Morgan fingerprint density at radius 3 is 2.52 bits per heavy atom. The molecule has 0 aliphatic carbocycles. The van der Waals surface area contributed by atoms with Crippen LogP contribution in [0, 0.1) is 16.7 Å². The molecule has 1 N–H and O–H groups in total. The molecular weight excluding hydrogens is 296 g/mol.